The molecular formula is C16H24N2O3. The summed E-state index contributed by atoms with van der Waals surface area (Å²) >= 11 is 0. The predicted molar refractivity (Wildman–Crippen MR) is 81.6 cm³/mol. The second kappa shape index (κ2) is 6.89. The zero-order chi connectivity index (χ0) is 15.3. The number of rotatable bonds is 6. The van der Waals surface area contributed by atoms with Crippen molar-refractivity contribution in [1.82, 2.24) is 4.98 Å². The number of ether oxygens (including phenoxy) is 2. The van der Waals surface area contributed by atoms with Crippen molar-refractivity contribution < 1.29 is 14.3 Å². The quantitative estimate of drug-likeness (QED) is 0.875. The topological polar surface area (TPSA) is 60.5 Å². The van der Waals surface area contributed by atoms with Crippen LogP contribution in [0.3, 0.4) is 0 Å². The Labute approximate surface area is 126 Å². The summed E-state index contributed by atoms with van der Waals surface area (Å²) in [5.41, 5.74) is 0.793. The molecule has 0 unspecified atom stereocenters. The third-order valence-electron chi connectivity index (χ3n) is 3.93. The fraction of sp³-hybridized carbons (Fsp3) is 0.625. The number of nitrogens with one attached hydrogen (secondary N) is 1. The predicted octanol–water partition coefficient (Wildman–Crippen LogP) is 3.08. The van der Waals surface area contributed by atoms with Crippen molar-refractivity contribution in [2.75, 3.05) is 19.0 Å². The Hall–Kier alpha value is -1.62. The molecule has 0 bridgehead atoms. The standard InChI is InChI=1S/C16H24N2O3/c1-4-11-21-16(9-5-6-10-16)15(19)18-13-7-8-14(20-3)17-12(13)2/h7-8H,4-6,9-11H2,1-3H3,(H,18,19). The van der Waals surface area contributed by atoms with Gasteiger partial charge in [0.2, 0.25) is 5.88 Å². The number of aryl methyl sites for hydroxylation is 1. The van der Waals surface area contributed by atoms with Crippen molar-refractivity contribution in [2.45, 2.75) is 51.6 Å². The lowest BCUT2D eigenvalue weighted by atomic mass is 10.0. The van der Waals surface area contributed by atoms with Gasteiger partial charge in [0, 0.05) is 12.7 Å². The van der Waals surface area contributed by atoms with Crippen LogP contribution in [0.2, 0.25) is 0 Å². The van der Waals surface area contributed by atoms with Gasteiger partial charge < -0.3 is 14.8 Å². The van der Waals surface area contributed by atoms with Crippen LogP contribution in [-0.4, -0.2) is 30.2 Å². The van der Waals surface area contributed by atoms with Crippen molar-refractivity contribution in [1.29, 1.82) is 0 Å². The van der Waals surface area contributed by atoms with E-state index in [1.165, 1.54) is 0 Å². The number of nitrogens with zero attached hydrogens (tertiary/aromatic N) is 1. The van der Waals surface area contributed by atoms with Gasteiger partial charge in [-0.25, -0.2) is 4.98 Å². The van der Waals surface area contributed by atoms with Gasteiger partial charge in [-0.1, -0.05) is 6.92 Å². The van der Waals surface area contributed by atoms with Crippen LogP contribution in [0.1, 0.15) is 44.7 Å². The first-order valence-electron chi connectivity index (χ1n) is 7.58. The highest BCUT2D eigenvalue weighted by Crippen LogP contribution is 2.35. The van der Waals surface area contributed by atoms with Gasteiger partial charge >= 0.3 is 0 Å². The molecule has 1 N–H and O–H groups in total. The molecule has 116 valence electrons. The van der Waals surface area contributed by atoms with Gasteiger partial charge in [0.1, 0.15) is 5.60 Å². The Balaban J connectivity index is 2.11. The van der Waals surface area contributed by atoms with E-state index in [9.17, 15) is 4.79 Å². The van der Waals surface area contributed by atoms with E-state index in [4.69, 9.17) is 9.47 Å². The number of carbonyl (C=O) groups is 1. The molecule has 1 heterocycles. The SMILES string of the molecule is CCCOC1(C(=O)Nc2ccc(OC)nc2C)CCCC1. The fourth-order valence-corrected chi connectivity index (χ4v) is 2.70. The van der Waals surface area contributed by atoms with Gasteiger partial charge in [-0.05, 0) is 45.1 Å². The molecule has 1 aromatic heterocycles. The summed E-state index contributed by atoms with van der Waals surface area (Å²) in [6.45, 7) is 4.53. The molecule has 1 aliphatic carbocycles. The minimum Gasteiger partial charge on any atom is -0.481 e. The lowest BCUT2D eigenvalue weighted by Gasteiger charge is -2.28. The Morgan fingerprint density at radius 1 is 1.38 bits per heavy atom. The summed E-state index contributed by atoms with van der Waals surface area (Å²) < 4.78 is 11.0. The summed E-state index contributed by atoms with van der Waals surface area (Å²) in [6, 6.07) is 3.57. The zero-order valence-electron chi connectivity index (χ0n) is 13.1. The third-order valence-corrected chi connectivity index (χ3v) is 3.93. The molecule has 2 rings (SSSR count). The summed E-state index contributed by atoms with van der Waals surface area (Å²) in [7, 11) is 1.58. The van der Waals surface area contributed by atoms with Gasteiger partial charge in [-0.15, -0.1) is 0 Å². The highest BCUT2D eigenvalue weighted by atomic mass is 16.5. The van der Waals surface area contributed by atoms with E-state index in [1.807, 2.05) is 13.0 Å². The number of hydrogen-bond acceptors (Lipinski definition) is 4. The van der Waals surface area contributed by atoms with Crippen LogP contribution in [0.5, 0.6) is 5.88 Å². The molecule has 1 amide bonds. The van der Waals surface area contributed by atoms with Gasteiger partial charge in [-0.2, -0.15) is 0 Å². The molecule has 5 heteroatoms. The molecule has 0 aliphatic heterocycles. The number of methoxy groups -OCH3 is 1. The van der Waals surface area contributed by atoms with Crippen molar-refractivity contribution in [3.63, 3.8) is 0 Å². The Morgan fingerprint density at radius 2 is 2.10 bits per heavy atom. The Kier molecular flexibility index (Phi) is 5.17. The highest BCUT2D eigenvalue weighted by molar-refractivity contribution is 5.98. The van der Waals surface area contributed by atoms with Crippen LogP contribution in [-0.2, 0) is 9.53 Å². The summed E-state index contributed by atoms with van der Waals surface area (Å²) in [5, 5.41) is 2.97. The van der Waals surface area contributed by atoms with Gasteiger partial charge in [0.25, 0.3) is 5.91 Å². The molecular weight excluding hydrogens is 268 g/mol. The van der Waals surface area contributed by atoms with E-state index in [2.05, 4.69) is 17.2 Å². The van der Waals surface area contributed by atoms with Crippen molar-refractivity contribution >= 4 is 11.6 Å². The summed E-state index contributed by atoms with van der Waals surface area (Å²) in [5.74, 6) is 0.492. The van der Waals surface area contributed by atoms with Crippen LogP contribution in [0, 0.1) is 6.92 Å². The lowest BCUT2D eigenvalue weighted by molar-refractivity contribution is -0.140. The maximum absolute atomic E-state index is 12.7. The van der Waals surface area contributed by atoms with E-state index in [1.54, 1.807) is 13.2 Å². The number of anilines is 1. The monoisotopic (exact) mass is 292 g/mol. The summed E-state index contributed by atoms with van der Waals surface area (Å²) in [4.78, 5) is 16.9. The summed E-state index contributed by atoms with van der Waals surface area (Å²) in [6.07, 6.45) is 4.58. The molecule has 0 spiro atoms. The van der Waals surface area contributed by atoms with E-state index in [0.717, 1.165) is 37.8 Å². The fourth-order valence-electron chi connectivity index (χ4n) is 2.70. The van der Waals surface area contributed by atoms with E-state index >= 15 is 0 Å². The van der Waals surface area contributed by atoms with Crippen molar-refractivity contribution in [3.05, 3.63) is 17.8 Å². The average molecular weight is 292 g/mol. The third kappa shape index (κ3) is 3.53. The maximum atomic E-state index is 12.7. The normalized spacial score (nSPS) is 16.7. The first-order chi connectivity index (χ1) is 10.1. The molecule has 21 heavy (non-hydrogen) atoms. The van der Waals surface area contributed by atoms with Crippen molar-refractivity contribution in [3.8, 4) is 5.88 Å². The van der Waals surface area contributed by atoms with Crippen LogP contribution < -0.4 is 10.1 Å². The molecule has 1 aliphatic rings. The first kappa shape index (κ1) is 15.8. The van der Waals surface area contributed by atoms with Gasteiger partial charge in [0.15, 0.2) is 0 Å². The van der Waals surface area contributed by atoms with Crippen molar-refractivity contribution in [2.24, 2.45) is 0 Å². The second-order valence-corrected chi connectivity index (χ2v) is 5.49. The second-order valence-electron chi connectivity index (χ2n) is 5.49. The average Bonchev–Trinajstić information content (AvgIpc) is 2.97. The number of hydrogen-bond donors (Lipinski definition) is 1. The lowest BCUT2D eigenvalue weighted by Crippen LogP contribution is -2.43. The van der Waals surface area contributed by atoms with Crippen LogP contribution in [0.4, 0.5) is 5.69 Å². The molecule has 0 aromatic carbocycles. The smallest absolute Gasteiger partial charge is 0.256 e. The molecule has 0 radical (unpaired) electrons. The van der Waals surface area contributed by atoms with E-state index < -0.39 is 5.60 Å². The molecule has 1 aromatic rings. The van der Waals surface area contributed by atoms with E-state index in [-0.39, 0.29) is 5.91 Å². The van der Waals surface area contributed by atoms with Crippen LogP contribution in [0.25, 0.3) is 0 Å². The number of amides is 1. The highest BCUT2D eigenvalue weighted by Gasteiger charge is 2.42. The molecule has 5 nitrogen and oxygen atoms in total. The minimum absolute atomic E-state index is 0.0523. The van der Waals surface area contributed by atoms with Gasteiger partial charge in [-0.3, -0.25) is 4.79 Å². The number of carbonyl (C=O) groups excluding carboxylic acids is 1. The number of pyridine rings is 1. The Bertz CT molecular complexity index is 496. The molecule has 1 fully saturated rings. The molecule has 0 atom stereocenters. The van der Waals surface area contributed by atoms with E-state index in [0.29, 0.717) is 18.2 Å². The number of aromatic nitrogens is 1. The van der Waals surface area contributed by atoms with Crippen LogP contribution in [0.15, 0.2) is 12.1 Å². The zero-order valence-corrected chi connectivity index (χ0v) is 13.1. The first-order valence-corrected chi connectivity index (χ1v) is 7.58. The maximum Gasteiger partial charge on any atom is 0.256 e. The van der Waals surface area contributed by atoms with Gasteiger partial charge in [0.05, 0.1) is 18.5 Å². The largest absolute Gasteiger partial charge is 0.481 e. The Morgan fingerprint density at radius 3 is 2.67 bits per heavy atom. The molecule has 1 saturated carbocycles. The minimum atomic E-state index is -0.664. The molecule has 0 saturated heterocycles. The van der Waals surface area contributed by atoms with Crippen LogP contribution >= 0.6 is 0 Å².